The molecule has 0 aliphatic carbocycles. The van der Waals surface area contributed by atoms with E-state index in [9.17, 15) is 4.79 Å². The summed E-state index contributed by atoms with van der Waals surface area (Å²) in [6.45, 7) is 5.50. The Kier molecular flexibility index (Phi) is 5.55. The third-order valence-corrected chi connectivity index (χ3v) is 4.71. The summed E-state index contributed by atoms with van der Waals surface area (Å²) in [5.74, 6) is 0.455. The minimum atomic E-state index is 0.0311. The summed E-state index contributed by atoms with van der Waals surface area (Å²) in [6, 6.07) is 9.82. The first kappa shape index (κ1) is 16.6. The van der Waals surface area contributed by atoms with Gasteiger partial charge in [-0.3, -0.25) is 0 Å². The molecule has 128 valence electrons. The predicted octanol–water partition coefficient (Wildman–Crippen LogP) is 1.82. The van der Waals surface area contributed by atoms with Gasteiger partial charge >= 0.3 is 6.03 Å². The molecule has 1 atom stereocenters. The van der Waals surface area contributed by atoms with Crippen molar-refractivity contribution in [2.45, 2.75) is 12.8 Å². The van der Waals surface area contributed by atoms with Crippen LogP contribution in [0, 0.1) is 17.2 Å². The topological polar surface area (TPSA) is 68.6 Å². The highest BCUT2D eigenvalue weighted by Crippen LogP contribution is 2.17. The quantitative estimate of drug-likeness (QED) is 0.919. The molecule has 2 aliphatic heterocycles. The molecular formula is C18H24N4O2. The van der Waals surface area contributed by atoms with Crippen molar-refractivity contribution in [2.24, 2.45) is 5.92 Å². The standard InChI is InChI=1S/C18H24N4O2/c19-12-15-2-4-17(5-3-15)21-7-1-8-22(10-9-21)18(23)20-13-16-6-11-24-14-16/h2-5,16H,1,6-11,13-14H2,(H,20,23)/t16-/m0/s1. The van der Waals surface area contributed by atoms with Crippen LogP contribution in [0.4, 0.5) is 10.5 Å². The molecule has 2 amide bonds. The van der Waals surface area contributed by atoms with Crippen LogP contribution in [0.2, 0.25) is 0 Å². The maximum Gasteiger partial charge on any atom is 0.317 e. The normalized spacial score (nSPS) is 21.2. The Morgan fingerprint density at radius 2 is 2.08 bits per heavy atom. The molecule has 0 saturated carbocycles. The zero-order chi connectivity index (χ0) is 16.8. The second kappa shape index (κ2) is 8.02. The highest BCUT2D eigenvalue weighted by atomic mass is 16.5. The van der Waals surface area contributed by atoms with Gasteiger partial charge in [0.25, 0.3) is 0 Å². The number of nitrogens with zero attached hydrogens (tertiary/aromatic N) is 3. The highest BCUT2D eigenvalue weighted by Gasteiger charge is 2.21. The molecular weight excluding hydrogens is 304 g/mol. The molecule has 0 aromatic heterocycles. The fraction of sp³-hybridized carbons (Fsp3) is 0.556. The summed E-state index contributed by atoms with van der Waals surface area (Å²) in [6.07, 6.45) is 1.98. The van der Waals surface area contributed by atoms with E-state index in [1.807, 2.05) is 29.2 Å². The molecule has 2 fully saturated rings. The van der Waals surface area contributed by atoms with Crippen LogP contribution in [-0.4, -0.2) is 56.9 Å². The lowest BCUT2D eigenvalue weighted by atomic mass is 10.1. The van der Waals surface area contributed by atoms with Gasteiger partial charge in [-0.15, -0.1) is 0 Å². The van der Waals surface area contributed by atoms with E-state index in [4.69, 9.17) is 10.00 Å². The average Bonchev–Trinajstić information content (AvgIpc) is 3.02. The number of nitrogens with one attached hydrogen (secondary N) is 1. The minimum absolute atomic E-state index is 0.0311. The highest BCUT2D eigenvalue weighted by molar-refractivity contribution is 5.74. The largest absolute Gasteiger partial charge is 0.381 e. The average molecular weight is 328 g/mol. The van der Waals surface area contributed by atoms with Crippen molar-refractivity contribution in [3.8, 4) is 6.07 Å². The number of carbonyl (C=O) groups excluding carboxylic acids is 1. The number of urea groups is 1. The molecule has 1 aromatic carbocycles. The Morgan fingerprint density at radius 3 is 2.79 bits per heavy atom. The molecule has 1 N–H and O–H groups in total. The molecule has 0 unspecified atom stereocenters. The first-order chi connectivity index (χ1) is 11.8. The number of hydrogen-bond acceptors (Lipinski definition) is 4. The van der Waals surface area contributed by atoms with E-state index in [1.165, 1.54) is 0 Å². The molecule has 0 spiro atoms. The van der Waals surface area contributed by atoms with Crippen LogP contribution >= 0.6 is 0 Å². The van der Waals surface area contributed by atoms with Gasteiger partial charge in [0.1, 0.15) is 0 Å². The van der Waals surface area contributed by atoms with E-state index >= 15 is 0 Å². The third-order valence-electron chi connectivity index (χ3n) is 4.71. The van der Waals surface area contributed by atoms with Gasteiger partial charge in [-0.2, -0.15) is 5.26 Å². The Bertz CT molecular complexity index is 590. The van der Waals surface area contributed by atoms with E-state index < -0.39 is 0 Å². The van der Waals surface area contributed by atoms with Gasteiger partial charge < -0.3 is 19.9 Å². The van der Waals surface area contributed by atoms with Crippen LogP contribution in [0.5, 0.6) is 0 Å². The zero-order valence-corrected chi connectivity index (χ0v) is 13.9. The fourth-order valence-electron chi connectivity index (χ4n) is 3.21. The first-order valence-electron chi connectivity index (χ1n) is 8.62. The van der Waals surface area contributed by atoms with Crippen molar-refractivity contribution >= 4 is 11.7 Å². The van der Waals surface area contributed by atoms with E-state index in [2.05, 4.69) is 16.3 Å². The van der Waals surface area contributed by atoms with Crippen LogP contribution in [0.15, 0.2) is 24.3 Å². The predicted molar refractivity (Wildman–Crippen MR) is 91.9 cm³/mol. The number of anilines is 1. The van der Waals surface area contributed by atoms with Crippen LogP contribution in [0.25, 0.3) is 0 Å². The fourth-order valence-corrected chi connectivity index (χ4v) is 3.21. The van der Waals surface area contributed by atoms with Gasteiger partial charge in [0, 0.05) is 50.9 Å². The maximum atomic E-state index is 12.4. The molecule has 2 heterocycles. The van der Waals surface area contributed by atoms with Crippen molar-refractivity contribution < 1.29 is 9.53 Å². The van der Waals surface area contributed by atoms with Crippen molar-refractivity contribution in [1.29, 1.82) is 5.26 Å². The smallest absolute Gasteiger partial charge is 0.317 e. The van der Waals surface area contributed by atoms with Crippen molar-refractivity contribution in [3.05, 3.63) is 29.8 Å². The summed E-state index contributed by atoms with van der Waals surface area (Å²) in [5, 5.41) is 11.9. The van der Waals surface area contributed by atoms with Gasteiger partial charge in [-0.1, -0.05) is 0 Å². The van der Waals surface area contributed by atoms with E-state index in [0.717, 1.165) is 51.4 Å². The second-order valence-electron chi connectivity index (χ2n) is 6.40. The van der Waals surface area contributed by atoms with Crippen molar-refractivity contribution in [1.82, 2.24) is 10.2 Å². The van der Waals surface area contributed by atoms with Gasteiger partial charge in [0.2, 0.25) is 0 Å². The lowest BCUT2D eigenvalue weighted by Gasteiger charge is -2.24. The minimum Gasteiger partial charge on any atom is -0.381 e. The summed E-state index contributed by atoms with van der Waals surface area (Å²) in [7, 11) is 0. The SMILES string of the molecule is N#Cc1ccc(N2CCCN(C(=O)NC[C@@H]3CCOC3)CC2)cc1. The Hall–Kier alpha value is -2.26. The van der Waals surface area contributed by atoms with Gasteiger partial charge in [-0.25, -0.2) is 4.79 Å². The molecule has 2 saturated heterocycles. The monoisotopic (exact) mass is 328 g/mol. The summed E-state index contributed by atoms with van der Waals surface area (Å²) >= 11 is 0. The molecule has 0 radical (unpaired) electrons. The number of nitriles is 1. The number of ether oxygens (including phenoxy) is 1. The van der Waals surface area contributed by atoms with Crippen LogP contribution in [0.1, 0.15) is 18.4 Å². The van der Waals surface area contributed by atoms with Gasteiger partial charge in [0.05, 0.1) is 18.2 Å². The van der Waals surface area contributed by atoms with Gasteiger partial charge in [-0.05, 0) is 37.1 Å². The van der Waals surface area contributed by atoms with Crippen molar-refractivity contribution in [3.63, 3.8) is 0 Å². The third kappa shape index (κ3) is 4.18. The molecule has 0 bridgehead atoms. The van der Waals surface area contributed by atoms with E-state index in [0.29, 0.717) is 24.6 Å². The number of benzene rings is 1. The van der Waals surface area contributed by atoms with E-state index in [1.54, 1.807) is 0 Å². The summed E-state index contributed by atoms with van der Waals surface area (Å²) in [5.41, 5.74) is 1.78. The Balaban J connectivity index is 1.50. The Morgan fingerprint density at radius 1 is 1.25 bits per heavy atom. The lowest BCUT2D eigenvalue weighted by molar-refractivity contribution is 0.181. The van der Waals surface area contributed by atoms with Crippen LogP contribution in [-0.2, 0) is 4.74 Å². The number of carbonyl (C=O) groups is 1. The number of rotatable bonds is 3. The first-order valence-corrected chi connectivity index (χ1v) is 8.62. The van der Waals surface area contributed by atoms with Crippen LogP contribution < -0.4 is 10.2 Å². The Labute approximate surface area is 143 Å². The summed E-state index contributed by atoms with van der Waals surface area (Å²) < 4.78 is 5.34. The maximum absolute atomic E-state index is 12.4. The molecule has 6 nitrogen and oxygen atoms in total. The molecule has 6 heteroatoms. The molecule has 2 aliphatic rings. The van der Waals surface area contributed by atoms with E-state index in [-0.39, 0.29) is 6.03 Å². The van der Waals surface area contributed by atoms with Gasteiger partial charge in [0.15, 0.2) is 0 Å². The molecule has 24 heavy (non-hydrogen) atoms. The summed E-state index contributed by atoms with van der Waals surface area (Å²) in [4.78, 5) is 16.5. The zero-order valence-electron chi connectivity index (χ0n) is 13.9. The van der Waals surface area contributed by atoms with Crippen LogP contribution in [0.3, 0.4) is 0 Å². The number of amides is 2. The molecule has 3 rings (SSSR count). The molecule has 1 aromatic rings. The van der Waals surface area contributed by atoms with Crippen molar-refractivity contribution in [2.75, 3.05) is 50.8 Å². The lowest BCUT2D eigenvalue weighted by Crippen LogP contribution is -2.43. The second-order valence-corrected chi connectivity index (χ2v) is 6.40. The number of hydrogen-bond donors (Lipinski definition) is 1.